The van der Waals surface area contributed by atoms with Crippen LogP contribution in [0.1, 0.15) is 30.1 Å². The van der Waals surface area contributed by atoms with Gasteiger partial charge in [-0.3, -0.25) is 10.1 Å². The molecule has 0 aliphatic heterocycles. The van der Waals surface area contributed by atoms with Crippen molar-refractivity contribution in [1.29, 1.82) is 0 Å². The van der Waals surface area contributed by atoms with Crippen molar-refractivity contribution in [1.82, 2.24) is 4.98 Å². The monoisotopic (exact) mass is 422 g/mol. The largest absolute Gasteiger partial charge is 0.497 e. The summed E-state index contributed by atoms with van der Waals surface area (Å²) < 4.78 is 16.8. The fraction of sp³-hybridized carbons (Fsp3) is 0.217. The van der Waals surface area contributed by atoms with E-state index in [1.54, 1.807) is 19.2 Å². The highest BCUT2D eigenvalue weighted by atomic mass is 32.1. The van der Waals surface area contributed by atoms with Crippen LogP contribution in [0.25, 0.3) is 22.4 Å². The number of rotatable bonds is 8. The molecule has 6 nitrogen and oxygen atoms in total. The molecule has 2 aromatic heterocycles. The van der Waals surface area contributed by atoms with E-state index >= 15 is 0 Å². The summed E-state index contributed by atoms with van der Waals surface area (Å²) in [4.78, 5) is 17.1. The molecule has 4 rings (SSSR count). The van der Waals surface area contributed by atoms with Gasteiger partial charge in [0.05, 0.1) is 13.7 Å². The number of fused-ring (bicyclic) bond motifs is 1. The molecule has 0 saturated carbocycles. The highest BCUT2D eigenvalue weighted by Crippen LogP contribution is 2.32. The van der Waals surface area contributed by atoms with E-state index in [0.717, 1.165) is 29.6 Å². The van der Waals surface area contributed by atoms with Gasteiger partial charge in [0.2, 0.25) is 0 Å². The van der Waals surface area contributed by atoms with Gasteiger partial charge < -0.3 is 13.9 Å². The van der Waals surface area contributed by atoms with Gasteiger partial charge in [0, 0.05) is 22.4 Å². The molecule has 2 aromatic carbocycles. The zero-order chi connectivity index (χ0) is 20.9. The molecule has 30 heavy (non-hydrogen) atoms. The molecule has 0 aliphatic carbocycles. The Morgan fingerprint density at radius 2 is 2.07 bits per heavy atom. The van der Waals surface area contributed by atoms with Crippen LogP contribution in [-0.4, -0.2) is 24.6 Å². The molecule has 7 heteroatoms. The fourth-order valence-electron chi connectivity index (χ4n) is 2.94. The average Bonchev–Trinajstić information content (AvgIpc) is 3.40. The van der Waals surface area contributed by atoms with Crippen LogP contribution in [0.3, 0.4) is 0 Å². The summed E-state index contributed by atoms with van der Waals surface area (Å²) in [5, 5.41) is 6.17. The number of hydrogen-bond acceptors (Lipinski definition) is 6. The molecule has 4 aromatic rings. The van der Waals surface area contributed by atoms with Crippen molar-refractivity contribution in [2.45, 2.75) is 19.8 Å². The van der Waals surface area contributed by atoms with Crippen LogP contribution in [0.5, 0.6) is 11.5 Å². The van der Waals surface area contributed by atoms with Crippen molar-refractivity contribution in [3.05, 3.63) is 59.5 Å². The van der Waals surface area contributed by atoms with E-state index < -0.39 is 0 Å². The van der Waals surface area contributed by atoms with Gasteiger partial charge in [0.25, 0.3) is 5.91 Å². The van der Waals surface area contributed by atoms with Crippen molar-refractivity contribution in [2.75, 3.05) is 19.0 Å². The Morgan fingerprint density at radius 1 is 1.17 bits per heavy atom. The first kappa shape index (κ1) is 20.0. The maximum absolute atomic E-state index is 12.6. The van der Waals surface area contributed by atoms with Crippen LogP contribution in [0.2, 0.25) is 0 Å². The number of thiazole rings is 1. The van der Waals surface area contributed by atoms with Gasteiger partial charge in [-0.2, -0.15) is 0 Å². The molecule has 0 bridgehead atoms. The number of benzene rings is 2. The number of nitrogens with zero attached hydrogens (tertiary/aromatic N) is 1. The number of carbonyl (C=O) groups is 1. The number of furan rings is 1. The van der Waals surface area contributed by atoms with Crippen LogP contribution < -0.4 is 14.8 Å². The van der Waals surface area contributed by atoms with Gasteiger partial charge in [0.15, 0.2) is 10.9 Å². The van der Waals surface area contributed by atoms with Gasteiger partial charge in [-0.25, -0.2) is 4.98 Å². The minimum Gasteiger partial charge on any atom is -0.497 e. The van der Waals surface area contributed by atoms with Gasteiger partial charge in [-0.05, 0) is 42.8 Å². The van der Waals surface area contributed by atoms with E-state index in [4.69, 9.17) is 13.9 Å². The smallest absolute Gasteiger partial charge is 0.257 e. The third-order valence-electron chi connectivity index (χ3n) is 4.57. The Bertz CT molecular complexity index is 1160. The van der Waals surface area contributed by atoms with E-state index in [0.29, 0.717) is 34.5 Å². The molecule has 0 fully saturated rings. The topological polar surface area (TPSA) is 73.6 Å². The van der Waals surface area contributed by atoms with Crippen molar-refractivity contribution >= 4 is 33.3 Å². The van der Waals surface area contributed by atoms with E-state index in [1.165, 1.54) is 11.3 Å². The lowest BCUT2D eigenvalue weighted by Gasteiger charge is -2.07. The van der Waals surface area contributed by atoms with Crippen molar-refractivity contribution in [2.24, 2.45) is 0 Å². The summed E-state index contributed by atoms with van der Waals surface area (Å²) in [7, 11) is 1.62. The molecule has 154 valence electrons. The fourth-order valence-corrected chi connectivity index (χ4v) is 3.63. The lowest BCUT2D eigenvalue weighted by molar-refractivity contribution is 0.102. The van der Waals surface area contributed by atoms with Gasteiger partial charge >= 0.3 is 0 Å². The molecular formula is C23H22N2O4S. The molecule has 1 N–H and O–H groups in total. The summed E-state index contributed by atoms with van der Waals surface area (Å²) in [6.45, 7) is 2.75. The number of anilines is 1. The van der Waals surface area contributed by atoms with Crippen molar-refractivity contribution in [3.8, 4) is 23.0 Å². The lowest BCUT2D eigenvalue weighted by atomic mass is 10.2. The molecule has 0 atom stereocenters. The van der Waals surface area contributed by atoms with Crippen molar-refractivity contribution < 1.29 is 18.7 Å². The predicted octanol–water partition coefficient (Wildman–Crippen LogP) is 6.00. The first-order chi connectivity index (χ1) is 14.7. The zero-order valence-corrected chi connectivity index (χ0v) is 17.6. The Kier molecular flexibility index (Phi) is 5.99. The highest BCUT2D eigenvalue weighted by molar-refractivity contribution is 7.14. The SMILES string of the molecule is CCCCOc1cccc(C(=O)Nc2nc(-c3cc4ccc(OC)cc4o3)cs2)c1. The quantitative estimate of drug-likeness (QED) is 0.353. The van der Waals surface area contributed by atoms with Gasteiger partial charge in [0.1, 0.15) is 22.8 Å². The van der Waals surface area contributed by atoms with E-state index in [-0.39, 0.29) is 5.91 Å². The number of amides is 1. The summed E-state index contributed by atoms with van der Waals surface area (Å²) in [6, 6.07) is 14.7. The molecule has 0 saturated heterocycles. The van der Waals surface area contributed by atoms with Crippen LogP contribution in [0.4, 0.5) is 5.13 Å². The Hall–Kier alpha value is -3.32. The molecule has 0 radical (unpaired) electrons. The number of unbranched alkanes of at least 4 members (excludes halogenated alkanes) is 1. The molecule has 1 amide bonds. The second-order valence-corrected chi connectivity index (χ2v) is 7.59. The second-order valence-electron chi connectivity index (χ2n) is 6.74. The average molecular weight is 423 g/mol. The minimum atomic E-state index is -0.230. The molecule has 0 spiro atoms. The summed E-state index contributed by atoms with van der Waals surface area (Å²) in [6.07, 6.45) is 2.04. The summed E-state index contributed by atoms with van der Waals surface area (Å²) in [5.41, 5.74) is 1.92. The third-order valence-corrected chi connectivity index (χ3v) is 5.32. The number of aromatic nitrogens is 1. The maximum Gasteiger partial charge on any atom is 0.257 e. The molecule has 2 heterocycles. The number of methoxy groups -OCH3 is 1. The first-order valence-corrected chi connectivity index (χ1v) is 10.6. The maximum atomic E-state index is 12.6. The normalized spacial score (nSPS) is 10.9. The Morgan fingerprint density at radius 3 is 2.90 bits per heavy atom. The third kappa shape index (κ3) is 4.46. The summed E-state index contributed by atoms with van der Waals surface area (Å²) in [5.74, 6) is 1.83. The van der Waals surface area contributed by atoms with E-state index in [9.17, 15) is 4.79 Å². The standard InChI is InChI=1S/C23H22N2O4S/c1-3-4-10-28-18-7-5-6-16(11-18)22(26)25-23-24-19(14-30-23)21-12-15-8-9-17(27-2)13-20(15)29-21/h5-9,11-14H,3-4,10H2,1-2H3,(H,24,25,26). The molecule has 0 unspecified atom stereocenters. The molecular weight excluding hydrogens is 400 g/mol. The predicted molar refractivity (Wildman–Crippen MR) is 119 cm³/mol. The van der Waals surface area contributed by atoms with Crippen molar-refractivity contribution in [3.63, 3.8) is 0 Å². The summed E-state index contributed by atoms with van der Waals surface area (Å²) >= 11 is 1.35. The van der Waals surface area contributed by atoms with E-state index in [2.05, 4.69) is 17.2 Å². The van der Waals surface area contributed by atoms with Crippen LogP contribution in [0.15, 0.2) is 58.3 Å². The Balaban J connectivity index is 1.47. The number of ether oxygens (including phenoxy) is 2. The van der Waals surface area contributed by atoms with Crippen LogP contribution in [-0.2, 0) is 0 Å². The van der Waals surface area contributed by atoms with Crippen LogP contribution >= 0.6 is 11.3 Å². The zero-order valence-electron chi connectivity index (χ0n) is 16.8. The number of hydrogen-bond donors (Lipinski definition) is 1. The number of nitrogens with one attached hydrogen (secondary N) is 1. The number of carbonyl (C=O) groups excluding carboxylic acids is 1. The lowest BCUT2D eigenvalue weighted by Crippen LogP contribution is -2.11. The second kappa shape index (κ2) is 9.00. The van der Waals surface area contributed by atoms with Gasteiger partial charge in [-0.1, -0.05) is 19.4 Å². The molecule has 0 aliphatic rings. The first-order valence-electron chi connectivity index (χ1n) is 9.74. The minimum absolute atomic E-state index is 0.230. The van der Waals surface area contributed by atoms with E-state index in [1.807, 2.05) is 41.8 Å². The van der Waals surface area contributed by atoms with Gasteiger partial charge in [-0.15, -0.1) is 11.3 Å². The van der Waals surface area contributed by atoms with Crippen LogP contribution in [0, 0.1) is 0 Å². The highest BCUT2D eigenvalue weighted by Gasteiger charge is 2.14. The Labute approximate surface area is 178 Å².